The van der Waals surface area contributed by atoms with Crippen LogP contribution in [0.4, 0.5) is 11.5 Å². The highest BCUT2D eigenvalue weighted by Crippen LogP contribution is 2.24. The standard InChI is InChI=1S/C15H17N3/c16-14-5-3-4-12(10-14)13-6-7-15(17-11-13)18-8-1-2-9-18/h3-7,10-11H,1-2,8-9,16H2. The lowest BCUT2D eigenvalue weighted by Crippen LogP contribution is -2.18. The lowest BCUT2D eigenvalue weighted by Gasteiger charge is -2.16. The first kappa shape index (κ1) is 11.1. The van der Waals surface area contributed by atoms with Crippen molar-refractivity contribution in [1.82, 2.24) is 4.98 Å². The minimum atomic E-state index is 0.788. The van der Waals surface area contributed by atoms with Crippen molar-refractivity contribution < 1.29 is 0 Å². The number of hydrogen-bond donors (Lipinski definition) is 1. The Balaban J connectivity index is 1.86. The van der Waals surface area contributed by atoms with Gasteiger partial charge in [-0.2, -0.15) is 0 Å². The fourth-order valence-electron chi connectivity index (χ4n) is 2.41. The molecule has 2 aromatic rings. The van der Waals surface area contributed by atoms with Crippen LogP contribution in [0.2, 0.25) is 0 Å². The van der Waals surface area contributed by atoms with E-state index in [9.17, 15) is 0 Å². The Kier molecular flexibility index (Phi) is 2.89. The zero-order chi connectivity index (χ0) is 12.4. The Labute approximate surface area is 107 Å². The molecule has 0 atom stereocenters. The van der Waals surface area contributed by atoms with Gasteiger partial charge >= 0.3 is 0 Å². The third-order valence-electron chi connectivity index (χ3n) is 3.40. The lowest BCUT2D eigenvalue weighted by atomic mass is 10.1. The molecule has 1 aliphatic heterocycles. The SMILES string of the molecule is Nc1cccc(-c2ccc(N3CCCC3)nc2)c1. The van der Waals surface area contributed by atoms with Crippen molar-refractivity contribution in [2.45, 2.75) is 12.8 Å². The summed E-state index contributed by atoms with van der Waals surface area (Å²) in [6, 6.07) is 12.1. The number of aromatic nitrogens is 1. The molecule has 1 saturated heterocycles. The largest absolute Gasteiger partial charge is 0.399 e. The van der Waals surface area contributed by atoms with Crippen molar-refractivity contribution in [2.75, 3.05) is 23.7 Å². The van der Waals surface area contributed by atoms with Crippen LogP contribution >= 0.6 is 0 Å². The number of nitrogens with two attached hydrogens (primary N) is 1. The molecule has 2 N–H and O–H groups in total. The van der Waals surface area contributed by atoms with Crippen LogP contribution < -0.4 is 10.6 Å². The first-order valence-corrected chi connectivity index (χ1v) is 6.40. The van der Waals surface area contributed by atoms with E-state index in [0.29, 0.717) is 0 Å². The average molecular weight is 239 g/mol. The normalized spacial score (nSPS) is 15.0. The minimum absolute atomic E-state index is 0.788. The van der Waals surface area contributed by atoms with Gasteiger partial charge in [-0.3, -0.25) is 0 Å². The smallest absolute Gasteiger partial charge is 0.128 e. The van der Waals surface area contributed by atoms with Crippen LogP contribution in [0.5, 0.6) is 0 Å². The Morgan fingerprint density at radius 3 is 2.50 bits per heavy atom. The van der Waals surface area contributed by atoms with E-state index in [1.54, 1.807) is 0 Å². The molecular formula is C15H17N3. The maximum atomic E-state index is 5.80. The zero-order valence-electron chi connectivity index (χ0n) is 10.3. The van der Waals surface area contributed by atoms with Crippen LogP contribution in [0.3, 0.4) is 0 Å². The number of nitrogen functional groups attached to an aromatic ring is 1. The number of hydrogen-bond acceptors (Lipinski definition) is 3. The molecule has 1 aromatic carbocycles. The predicted octanol–water partition coefficient (Wildman–Crippen LogP) is 2.93. The topological polar surface area (TPSA) is 42.1 Å². The van der Waals surface area contributed by atoms with Gasteiger partial charge in [0.1, 0.15) is 5.82 Å². The van der Waals surface area contributed by atoms with E-state index in [1.165, 1.54) is 12.8 Å². The van der Waals surface area contributed by atoms with Gasteiger partial charge in [-0.15, -0.1) is 0 Å². The molecule has 18 heavy (non-hydrogen) atoms. The Bertz CT molecular complexity index is 528. The minimum Gasteiger partial charge on any atom is -0.399 e. The van der Waals surface area contributed by atoms with E-state index in [0.717, 1.165) is 35.7 Å². The number of pyridine rings is 1. The highest BCUT2D eigenvalue weighted by atomic mass is 15.2. The number of benzene rings is 1. The third-order valence-corrected chi connectivity index (χ3v) is 3.40. The summed E-state index contributed by atoms with van der Waals surface area (Å²) in [4.78, 5) is 6.89. The summed E-state index contributed by atoms with van der Waals surface area (Å²) in [6.07, 6.45) is 4.49. The maximum absolute atomic E-state index is 5.80. The molecule has 0 spiro atoms. The molecular weight excluding hydrogens is 222 g/mol. The molecule has 92 valence electrons. The summed E-state index contributed by atoms with van der Waals surface area (Å²) in [5.41, 5.74) is 8.82. The molecule has 1 aliphatic rings. The molecule has 0 aliphatic carbocycles. The lowest BCUT2D eigenvalue weighted by molar-refractivity contribution is 0.938. The van der Waals surface area contributed by atoms with Crippen molar-refractivity contribution in [3.63, 3.8) is 0 Å². The Hall–Kier alpha value is -2.03. The molecule has 0 bridgehead atoms. The van der Waals surface area contributed by atoms with Crippen molar-refractivity contribution in [2.24, 2.45) is 0 Å². The number of nitrogens with zero attached hydrogens (tertiary/aromatic N) is 2. The molecule has 1 fully saturated rings. The molecule has 0 unspecified atom stereocenters. The van der Waals surface area contributed by atoms with Crippen molar-refractivity contribution >= 4 is 11.5 Å². The molecule has 0 amide bonds. The van der Waals surface area contributed by atoms with Gasteiger partial charge in [0.15, 0.2) is 0 Å². The summed E-state index contributed by atoms with van der Waals surface area (Å²) >= 11 is 0. The summed E-state index contributed by atoms with van der Waals surface area (Å²) in [5, 5.41) is 0. The second kappa shape index (κ2) is 4.69. The second-order valence-corrected chi connectivity index (χ2v) is 4.72. The van der Waals surface area contributed by atoms with Gasteiger partial charge in [0.2, 0.25) is 0 Å². The molecule has 0 saturated carbocycles. The first-order chi connectivity index (χ1) is 8.83. The number of anilines is 2. The molecule has 3 nitrogen and oxygen atoms in total. The van der Waals surface area contributed by atoms with Crippen molar-refractivity contribution in [3.8, 4) is 11.1 Å². The van der Waals surface area contributed by atoms with Gasteiger partial charge in [-0.1, -0.05) is 12.1 Å². The molecule has 1 aromatic heterocycles. The van der Waals surface area contributed by atoms with E-state index < -0.39 is 0 Å². The summed E-state index contributed by atoms with van der Waals surface area (Å²) in [7, 11) is 0. The van der Waals surface area contributed by atoms with Gasteiger partial charge in [0.25, 0.3) is 0 Å². The summed E-state index contributed by atoms with van der Waals surface area (Å²) in [5.74, 6) is 1.08. The summed E-state index contributed by atoms with van der Waals surface area (Å²) < 4.78 is 0. The van der Waals surface area contributed by atoms with Gasteiger partial charge in [-0.05, 0) is 42.7 Å². The average Bonchev–Trinajstić information content (AvgIpc) is 2.93. The van der Waals surface area contributed by atoms with Crippen LogP contribution in [0.15, 0.2) is 42.6 Å². The number of rotatable bonds is 2. The second-order valence-electron chi connectivity index (χ2n) is 4.72. The van der Waals surface area contributed by atoms with E-state index in [1.807, 2.05) is 24.4 Å². The Morgan fingerprint density at radius 1 is 1.00 bits per heavy atom. The fourth-order valence-corrected chi connectivity index (χ4v) is 2.41. The van der Waals surface area contributed by atoms with Crippen LogP contribution in [0.25, 0.3) is 11.1 Å². The highest BCUT2D eigenvalue weighted by molar-refractivity contribution is 5.67. The van der Waals surface area contributed by atoms with Crippen LogP contribution in [-0.4, -0.2) is 18.1 Å². The fraction of sp³-hybridized carbons (Fsp3) is 0.267. The van der Waals surface area contributed by atoms with E-state index in [4.69, 9.17) is 5.73 Å². The monoisotopic (exact) mass is 239 g/mol. The zero-order valence-corrected chi connectivity index (χ0v) is 10.3. The first-order valence-electron chi connectivity index (χ1n) is 6.40. The van der Waals surface area contributed by atoms with Crippen LogP contribution in [0, 0.1) is 0 Å². The van der Waals surface area contributed by atoms with E-state index >= 15 is 0 Å². The van der Waals surface area contributed by atoms with Gasteiger partial charge < -0.3 is 10.6 Å². The maximum Gasteiger partial charge on any atom is 0.128 e. The van der Waals surface area contributed by atoms with Crippen LogP contribution in [-0.2, 0) is 0 Å². The molecule has 2 heterocycles. The predicted molar refractivity (Wildman–Crippen MR) is 75.5 cm³/mol. The van der Waals surface area contributed by atoms with Gasteiger partial charge in [-0.25, -0.2) is 4.98 Å². The quantitative estimate of drug-likeness (QED) is 0.819. The van der Waals surface area contributed by atoms with Gasteiger partial charge in [0, 0.05) is 30.5 Å². The van der Waals surface area contributed by atoms with E-state index in [-0.39, 0.29) is 0 Å². The van der Waals surface area contributed by atoms with Crippen molar-refractivity contribution in [3.05, 3.63) is 42.6 Å². The summed E-state index contributed by atoms with van der Waals surface area (Å²) in [6.45, 7) is 2.26. The molecule has 3 heteroatoms. The van der Waals surface area contributed by atoms with Gasteiger partial charge in [0.05, 0.1) is 0 Å². The molecule has 3 rings (SSSR count). The van der Waals surface area contributed by atoms with E-state index in [2.05, 4.69) is 28.1 Å². The van der Waals surface area contributed by atoms with Crippen molar-refractivity contribution in [1.29, 1.82) is 0 Å². The molecule has 0 radical (unpaired) electrons. The third kappa shape index (κ3) is 2.16. The highest BCUT2D eigenvalue weighted by Gasteiger charge is 2.13. The Morgan fingerprint density at radius 2 is 1.83 bits per heavy atom. The van der Waals surface area contributed by atoms with Crippen LogP contribution in [0.1, 0.15) is 12.8 Å².